The second-order valence-electron chi connectivity index (χ2n) is 6.06. The van der Waals surface area contributed by atoms with Crippen LogP contribution in [0.4, 0.5) is 0 Å². The number of aryl methyl sites for hydroxylation is 3. The largest absolute Gasteiger partial charge is 0.371 e. The Bertz CT molecular complexity index is 663. The molecule has 0 amide bonds. The molecule has 2 aromatic carbocycles. The van der Waals surface area contributed by atoms with Gasteiger partial charge in [0.05, 0.1) is 12.6 Å². The van der Waals surface area contributed by atoms with E-state index in [1.165, 1.54) is 33.4 Å². The van der Waals surface area contributed by atoms with Gasteiger partial charge in [-0.3, -0.25) is 0 Å². The number of hydrogen-bond donors (Lipinski definition) is 1. The van der Waals surface area contributed by atoms with Crippen molar-refractivity contribution in [1.29, 1.82) is 0 Å². The summed E-state index contributed by atoms with van der Waals surface area (Å²) >= 11 is 0. The van der Waals surface area contributed by atoms with Gasteiger partial charge in [-0.25, -0.2) is 0 Å². The average molecular weight is 281 g/mol. The molecule has 1 heterocycles. The van der Waals surface area contributed by atoms with Gasteiger partial charge >= 0.3 is 0 Å². The standard InChI is InChI=1S/C19H23NO/c1-12-10-14(3)17(11-13(12)2)18(20)19-16-7-5-4-6-15(16)8-9-21-19/h4-7,10-11,18-19H,8-9,20H2,1-3H3. The Morgan fingerprint density at radius 1 is 1.05 bits per heavy atom. The van der Waals surface area contributed by atoms with Crippen molar-refractivity contribution in [3.8, 4) is 0 Å². The van der Waals surface area contributed by atoms with Crippen molar-refractivity contribution in [1.82, 2.24) is 0 Å². The van der Waals surface area contributed by atoms with Gasteiger partial charge in [-0.15, -0.1) is 0 Å². The Kier molecular flexibility index (Phi) is 3.83. The van der Waals surface area contributed by atoms with E-state index in [2.05, 4.69) is 57.2 Å². The van der Waals surface area contributed by atoms with E-state index in [1.54, 1.807) is 0 Å². The van der Waals surface area contributed by atoms with E-state index < -0.39 is 0 Å². The van der Waals surface area contributed by atoms with E-state index >= 15 is 0 Å². The molecule has 0 radical (unpaired) electrons. The van der Waals surface area contributed by atoms with Crippen molar-refractivity contribution in [2.24, 2.45) is 5.73 Å². The van der Waals surface area contributed by atoms with Gasteiger partial charge in [0.15, 0.2) is 0 Å². The van der Waals surface area contributed by atoms with E-state index in [0.717, 1.165) is 13.0 Å². The molecule has 0 aliphatic carbocycles. The van der Waals surface area contributed by atoms with Gasteiger partial charge in [0, 0.05) is 0 Å². The van der Waals surface area contributed by atoms with Gasteiger partial charge in [-0.1, -0.05) is 36.4 Å². The fourth-order valence-electron chi connectivity index (χ4n) is 3.23. The molecule has 1 aliphatic rings. The molecule has 1 aliphatic heterocycles. The number of benzene rings is 2. The fraction of sp³-hybridized carbons (Fsp3) is 0.368. The Morgan fingerprint density at radius 3 is 2.57 bits per heavy atom. The van der Waals surface area contributed by atoms with Crippen LogP contribution in [-0.2, 0) is 11.2 Å². The molecule has 21 heavy (non-hydrogen) atoms. The van der Waals surface area contributed by atoms with Gasteiger partial charge in [0.1, 0.15) is 6.10 Å². The quantitative estimate of drug-likeness (QED) is 0.905. The molecule has 2 atom stereocenters. The maximum Gasteiger partial charge on any atom is 0.102 e. The second kappa shape index (κ2) is 5.63. The zero-order valence-corrected chi connectivity index (χ0v) is 13.0. The molecule has 3 rings (SSSR count). The molecule has 0 bridgehead atoms. The molecule has 2 nitrogen and oxygen atoms in total. The number of hydrogen-bond acceptors (Lipinski definition) is 2. The average Bonchev–Trinajstić information content (AvgIpc) is 2.49. The van der Waals surface area contributed by atoms with Crippen molar-refractivity contribution in [3.05, 3.63) is 69.8 Å². The highest BCUT2D eigenvalue weighted by atomic mass is 16.5. The van der Waals surface area contributed by atoms with Crippen LogP contribution in [0.1, 0.15) is 45.5 Å². The van der Waals surface area contributed by atoms with Crippen molar-refractivity contribution < 1.29 is 4.74 Å². The second-order valence-corrected chi connectivity index (χ2v) is 6.06. The van der Waals surface area contributed by atoms with Crippen LogP contribution in [0.25, 0.3) is 0 Å². The highest BCUT2D eigenvalue weighted by Crippen LogP contribution is 2.37. The van der Waals surface area contributed by atoms with E-state index in [1.807, 2.05) is 0 Å². The number of rotatable bonds is 2. The summed E-state index contributed by atoms with van der Waals surface area (Å²) in [7, 11) is 0. The maximum atomic E-state index is 6.58. The molecular formula is C19H23NO. The molecule has 0 saturated heterocycles. The molecule has 0 aromatic heterocycles. The summed E-state index contributed by atoms with van der Waals surface area (Å²) in [6.07, 6.45) is 0.932. The van der Waals surface area contributed by atoms with Crippen molar-refractivity contribution in [2.45, 2.75) is 39.3 Å². The van der Waals surface area contributed by atoms with Crippen LogP contribution in [0.2, 0.25) is 0 Å². The first-order valence-corrected chi connectivity index (χ1v) is 7.60. The molecular weight excluding hydrogens is 258 g/mol. The summed E-state index contributed by atoms with van der Waals surface area (Å²) in [5.74, 6) is 0. The lowest BCUT2D eigenvalue weighted by Gasteiger charge is -2.31. The molecule has 110 valence electrons. The van der Waals surface area contributed by atoms with Crippen LogP contribution in [0, 0.1) is 20.8 Å². The number of fused-ring (bicyclic) bond motifs is 1. The SMILES string of the molecule is Cc1cc(C)c(C(N)C2OCCc3ccccc32)cc1C. The zero-order chi connectivity index (χ0) is 15.0. The van der Waals surface area contributed by atoms with Crippen LogP contribution in [0.15, 0.2) is 36.4 Å². The Balaban J connectivity index is 2.00. The third-order valence-corrected chi connectivity index (χ3v) is 4.60. The molecule has 2 aromatic rings. The first-order valence-electron chi connectivity index (χ1n) is 7.60. The molecule has 2 heteroatoms. The smallest absolute Gasteiger partial charge is 0.102 e. The minimum atomic E-state index is -0.120. The highest BCUT2D eigenvalue weighted by Gasteiger charge is 2.28. The van der Waals surface area contributed by atoms with Crippen molar-refractivity contribution in [3.63, 3.8) is 0 Å². The molecule has 0 fully saturated rings. The van der Waals surface area contributed by atoms with Gasteiger partial charge in [0.25, 0.3) is 0 Å². The summed E-state index contributed by atoms with van der Waals surface area (Å²) in [6.45, 7) is 7.17. The third-order valence-electron chi connectivity index (χ3n) is 4.60. The summed E-state index contributed by atoms with van der Waals surface area (Å²) in [6, 6.07) is 12.8. The van der Waals surface area contributed by atoms with Gasteiger partial charge < -0.3 is 10.5 Å². The molecule has 0 saturated carbocycles. The summed E-state index contributed by atoms with van der Waals surface area (Å²) in [5, 5.41) is 0. The van der Waals surface area contributed by atoms with E-state index in [0.29, 0.717) is 0 Å². The zero-order valence-electron chi connectivity index (χ0n) is 13.0. The lowest BCUT2D eigenvalue weighted by atomic mass is 9.87. The highest BCUT2D eigenvalue weighted by molar-refractivity contribution is 5.41. The summed E-state index contributed by atoms with van der Waals surface area (Å²) < 4.78 is 6.02. The normalized spacial score (nSPS) is 19.1. The fourth-order valence-corrected chi connectivity index (χ4v) is 3.23. The third kappa shape index (κ3) is 2.61. The molecule has 2 unspecified atom stereocenters. The predicted octanol–water partition coefficient (Wildman–Crippen LogP) is 3.93. The van der Waals surface area contributed by atoms with Crippen LogP contribution in [0.3, 0.4) is 0 Å². The number of nitrogens with two attached hydrogens (primary N) is 1. The summed E-state index contributed by atoms with van der Waals surface area (Å²) in [4.78, 5) is 0. The van der Waals surface area contributed by atoms with E-state index in [-0.39, 0.29) is 12.1 Å². The number of ether oxygens (including phenoxy) is 1. The van der Waals surface area contributed by atoms with Crippen molar-refractivity contribution in [2.75, 3.05) is 6.61 Å². The minimum Gasteiger partial charge on any atom is -0.371 e. The Hall–Kier alpha value is -1.64. The van der Waals surface area contributed by atoms with Gasteiger partial charge in [-0.05, 0) is 60.6 Å². The van der Waals surface area contributed by atoms with Gasteiger partial charge in [0.2, 0.25) is 0 Å². The monoisotopic (exact) mass is 281 g/mol. The topological polar surface area (TPSA) is 35.2 Å². The first kappa shape index (κ1) is 14.3. The maximum absolute atomic E-state index is 6.58. The van der Waals surface area contributed by atoms with Crippen LogP contribution in [-0.4, -0.2) is 6.61 Å². The van der Waals surface area contributed by atoms with Crippen molar-refractivity contribution >= 4 is 0 Å². The van der Waals surface area contributed by atoms with E-state index in [9.17, 15) is 0 Å². The van der Waals surface area contributed by atoms with E-state index in [4.69, 9.17) is 10.5 Å². The van der Waals surface area contributed by atoms with Crippen LogP contribution >= 0.6 is 0 Å². The minimum absolute atomic E-state index is 0.0456. The summed E-state index contributed by atoms with van der Waals surface area (Å²) in [5.41, 5.74) is 14.2. The molecule has 0 spiro atoms. The lowest BCUT2D eigenvalue weighted by Crippen LogP contribution is -2.27. The van der Waals surface area contributed by atoms with Gasteiger partial charge in [-0.2, -0.15) is 0 Å². The lowest BCUT2D eigenvalue weighted by molar-refractivity contribution is 0.0240. The molecule has 2 N–H and O–H groups in total. The Morgan fingerprint density at radius 2 is 1.76 bits per heavy atom. The van der Waals surface area contributed by atoms with Crippen LogP contribution < -0.4 is 5.73 Å². The predicted molar refractivity (Wildman–Crippen MR) is 86.4 cm³/mol. The first-order chi connectivity index (χ1) is 10.1. The van der Waals surface area contributed by atoms with Crippen LogP contribution in [0.5, 0.6) is 0 Å². The Labute approximate surface area is 126 Å².